The van der Waals surface area contributed by atoms with E-state index in [-0.39, 0.29) is 11.6 Å². The number of rotatable bonds is 3. The summed E-state index contributed by atoms with van der Waals surface area (Å²) in [6, 6.07) is 24.2. The molecule has 0 N–H and O–H groups in total. The van der Waals surface area contributed by atoms with Gasteiger partial charge in [-0.1, -0.05) is 48.5 Å². The highest BCUT2D eigenvalue weighted by Crippen LogP contribution is 2.32. The van der Waals surface area contributed by atoms with E-state index >= 15 is 0 Å². The lowest BCUT2D eigenvalue weighted by molar-refractivity contribution is 0.591. The molecular formula is C20H15IN2O2S. The third-order valence-corrected chi connectivity index (χ3v) is 6.71. The maximum absolute atomic E-state index is 13.2. The van der Waals surface area contributed by atoms with Crippen LogP contribution in [0.15, 0.2) is 88.8 Å². The van der Waals surface area contributed by atoms with Crippen LogP contribution in [0.5, 0.6) is 0 Å². The van der Waals surface area contributed by atoms with E-state index in [1.807, 2.05) is 54.6 Å². The molecule has 0 aliphatic carbocycles. The summed E-state index contributed by atoms with van der Waals surface area (Å²) in [6.45, 7) is 0.0650. The Bertz CT molecular complexity index is 1080. The molecule has 0 bridgehead atoms. The molecule has 3 aromatic rings. The maximum atomic E-state index is 13.2. The van der Waals surface area contributed by atoms with E-state index in [1.165, 1.54) is 4.31 Å². The quantitative estimate of drug-likeness (QED) is 0.532. The van der Waals surface area contributed by atoms with Crippen molar-refractivity contribution in [3.8, 4) is 0 Å². The third-order valence-electron chi connectivity index (χ3n) is 4.23. The smallest absolute Gasteiger partial charge is 0.261 e. The van der Waals surface area contributed by atoms with Crippen LogP contribution in [0.1, 0.15) is 11.1 Å². The van der Waals surface area contributed by atoms with Crippen molar-refractivity contribution in [3.63, 3.8) is 0 Å². The molecular weight excluding hydrogens is 459 g/mol. The summed E-state index contributed by atoms with van der Waals surface area (Å²) in [7, 11) is -3.67. The Labute approximate surface area is 166 Å². The Morgan fingerprint density at radius 1 is 0.846 bits per heavy atom. The molecule has 4 rings (SSSR count). The first-order valence-electron chi connectivity index (χ1n) is 8.05. The average molecular weight is 474 g/mol. The number of anilines is 1. The van der Waals surface area contributed by atoms with Crippen molar-refractivity contribution < 1.29 is 8.42 Å². The van der Waals surface area contributed by atoms with Gasteiger partial charge in [0.2, 0.25) is 0 Å². The summed E-state index contributed by atoms with van der Waals surface area (Å²) in [4.78, 5) is 4.86. The number of sulfonamides is 1. The van der Waals surface area contributed by atoms with Crippen LogP contribution < -0.4 is 4.31 Å². The molecule has 26 heavy (non-hydrogen) atoms. The van der Waals surface area contributed by atoms with Crippen LogP contribution in [-0.4, -0.2) is 20.8 Å². The van der Waals surface area contributed by atoms with Crippen molar-refractivity contribution in [1.29, 1.82) is 0 Å². The minimum absolute atomic E-state index is 0.0650. The molecule has 1 heterocycles. The van der Waals surface area contributed by atoms with Gasteiger partial charge in [-0.25, -0.2) is 12.7 Å². The Balaban J connectivity index is 1.82. The van der Waals surface area contributed by atoms with Gasteiger partial charge in [0.15, 0.2) is 0 Å². The summed E-state index contributed by atoms with van der Waals surface area (Å²) in [5, 5.41) is 0. The van der Waals surface area contributed by atoms with Crippen LogP contribution in [0.3, 0.4) is 0 Å². The number of hydrogen-bond acceptors (Lipinski definition) is 3. The molecule has 1 aliphatic heterocycles. The normalized spacial score (nSPS) is 13.9. The minimum atomic E-state index is -3.67. The zero-order valence-corrected chi connectivity index (χ0v) is 16.7. The lowest BCUT2D eigenvalue weighted by Gasteiger charge is -2.29. The van der Waals surface area contributed by atoms with Crippen molar-refractivity contribution in [2.24, 2.45) is 4.99 Å². The average Bonchev–Trinajstić information content (AvgIpc) is 2.68. The predicted octanol–water partition coefficient (Wildman–Crippen LogP) is 4.30. The fourth-order valence-electron chi connectivity index (χ4n) is 2.97. The number of benzene rings is 3. The van der Waals surface area contributed by atoms with Gasteiger partial charge in [0, 0.05) is 14.7 Å². The Morgan fingerprint density at radius 3 is 2.23 bits per heavy atom. The Morgan fingerprint density at radius 2 is 1.50 bits per heavy atom. The Kier molecular flexibility index (Phi) is 4.54. The molecule has 0 radical (unpaired) electrons. The monoisotopic (exact) mass is 474 g/mol. The van der Waals surface area contributed by atoms with E-state index in [2.05, 4.69) is 27.6 Å². The van der Waals surface area contributed by atoms with Gasteiger partial charge in [0.25, 0.3) is 10.0 Å². The molecule has 0 saturated carbocycles. The van der Waals surface area contributed by atoms with Gasteiger partial charge in [-0.05, 0) is 52.9 Å². The van der Waals surface area contributed by atoms with Gasteiger partial charge in [-0.15, -0.1) is 0 Å². The lowest BCUT2D eigenvalue weighted by Crippen LogP contribution is -2.35. The molecule has 6 heteroatoms. The highest BCUT2D eigenvalue weighted by Gasteiger charge is 2.30. The zero-order chi connectivity index (χ0) is 18.1. The van der Waals surface area contributed by atoms with Crippen LogP contribution >= 0.6 is 22.6 Å². The molecule has 3 aromatic carbocycles. The summed E-state index contributed by atoms with van der Waals surface area (Å²) in [5.41, 5.74) is 3.26. The largest absolute Gasteiger partial charge is 0.265 e. The lowest BCUT2D eigenvalue weighted by atomic mass is 9.99. The second-order valence-electron chi connectivity index (χ2n) is 5.84. The molecule has 0 amide bonds. The molecule has 130 valence electrons. The van der Waals surface area contributed by atoms with Crippen molar-refractivity contribution in [2.75, 3.05) is 11.0 Å². The van der Waals surface area contributed by atoms with E-state index in [1.54, 1.807) is 24.3 Å². The van der Waals surface area contributed by atoms with Crippen LogP contribution in [-0.2, 0) is 10.0 Å². The highest BCUT2D eigenvalue weighted by atomic mass is 127. The fourth-order valence-corrected chi connectivity index (χ4v) is 4.69. The van der Waals surface area contributed by atoms with E-state index < -0.39 is 10.0 Å². The third kappa shape index (κ3) is 3.03. The first-order chi connectivity index (χ1) is 12.6. The van der Waals surface area contributed by atoms with Crippen molar-refractivity contribution in [2.45, 2.75) is 4.90 Å². The van der Waals surface area contributed by atoms with Crippen molar-refractivity contribution >= 4 is 44.0 Å². The first kappa shape index (κ1) is 17.2. The topological polar surface area (TPSA) is 49.7 Å². The molecule has 0 atom stereocenters. The van der Waals surface area contributed by atoms with Gasteiger partial charge in [-0.3, -0.25) is 4.99 Å². The highest BCUT2D eigenvalue weighted by molar-refractivity contribution is 14.1. The zero-order valence-electron chi connectivity index (χ0n) is 13.7. The van der Waals surface area contributed by atoms with Crippen LogP contribution in [0.2, 0.25) is 0 Å². The molecule has 0 unspecified atom stereocenters. The van der Waals surface area contributed by atoms with Gasteiger partial charge >= 0.3 is 0 Å². The van der Waals surface area contributed by atoms with Crippen LogP contribution in [0.25, 0.3) is 0 Å². The molecule has 4 nitrogen and oxygen atoms in total. The van der Waals surface area contributed by atoms with Crippen molar-refractivity contribution in [3.05, 3.63) is 93.6 Å². The van der Waals surface area contributed by atoms with Crippen LogP contribution in [0.4, 0.5) is 5.69 Å². The van der Waals surface area contributed by atoms with Gasteiger partial charge in [-0.2, -0.15) is 0 Å². The Hall–Kier alpha value is -2.19. The molecule has 0 fully saturated rings. The van der Waals surface area contributed by atoms with Crippen molar-refractivity contribution in [1.82, 2.24) is 0 Å². The molecule has 0 saturated heterocycles. The summed E-state index contributed by atoms with van der Waals surface area (Å²) >= 11 is 2.16. The summed E-state index contributed by atoms with van der Waals surface area (Å²) in [5.74, 6) is 0. The van der Waals surface area contributed by atoms with E-state index in [0.717, 1.165) is 20.4 Å². The number of fused-ring (bicyclic) bond motifs is 1. The number of aliphatic imine (C=N–C) groups is 1. The summed E-state index contributed by atoms with van der Waals surface area (Å²) in [6.07, 6.45) is 0. The van der Waals surface area contributed by atoms with Crippen LogP contribution in [0, 0.1) is 3.57 Å². The predicted molar refractivity (Wildman–Crippen MR) is 112 cm³/mol. The number of para-hydroxylation sites is 1. The van der Waals surface area contributed by atoms with E-state index in [9.17, 15) is 8.42 Å². The summed E-state index contributed by atoms with van der Waals surface area (Å²) < 4.78 is 28.7. The van der Waals surface area contributed by atoms with E-state index in [0.29, 0.717) is 5.69 Å². The number of hydrogen-bond donors (Lipinski definition) is 0. The number of halogens is 1. The first-order valence-corrected chi connectivity index (χ1v) is 10.6. The second kappa shape index (κ2) is 6.85. The number of nitrogens with zero attached hydrogens (tertiary/aromatic N) is 2. The van der Waals surface area contributed by atoms with Gasteiger partial charge in [0.05, 0.1) is 16.3 Å². The maximum Gasteiger partial charge on any atom is 0.265 e. The fraction of sp³-hybridized carbons (Fsp3) is 0.0500. The van der Waals surface area contributed by atoms with Gasteiger partial charge < -0.3 is 0 Å². The SMILES string of the molecule is O=S(=O)(c1ccc(I)cc1)N1CN=C(c2ccccc2)c2ccccc21. The standard InChI is InChI=1S/C20H15IN2O2S/c21-16-10-12-17(13-11-16)26(24,25)23-14-22-20(15-6-2-1-3-7-15)18-8-4-5-9-19(18)23/h1-13H,14H2. The molecule has 0 spiro atoms. The van der Waals surface area contributed by atoms with E-state index in [4.69, 9.17) is 0 Å². The van der Waals surface area contributed by atoms with Gasteiger partial charge in [0.1, 0.15) is 6.67 Å². The minimum Gasteiger partial charge on any atom is -0.261 e. The molecule has 1 aliphatic rings. The molecule has 0 aromatic heterocycles. The second-order valence-corrected chi connectivity index (χ2v) is 8.95.